The molecule has 1 saturated heterocycles. The van der Waals surface area contributed by atoms with Gasteiger partial charge in [-0.1, -0.05) is 6.08 Å². The van der Waals surface area contributed by atoms with E-state index in [1.807, 2.05) is 18.0 Å². The lowest BCUT2D eigenvalue weighted by molar-refractivity contribution is 0.00285. The Bertz CT molecular complexity index is 355. The SMILES string of the molecule is C1=CC2=C(C=NCN2N2CCNCC2)SC1. The zero-order valence-corrected chi connectivity index (χ0v) is 10.0. The van der Waals surface area contributed by atoms with Crippen LogP contribution in [0.25, 0.3) is 0 Å². The van der Waals surface area contributed by atoms with E-state index in [2.05, 4.69) is 32.5 Å². The van der Waals surface area contributed by atoms with Gasteiger partial charge in [-0.2, -0.15) is 0 Å². The number of rotatable bonds is 1. The lowest BCUT2D eigenvalue weighted by Gasteiger charge is -2.41. The van der Waals surface area contributed by atoms with Gasteiger partial charge in [-0.25, -0.2) is 5.01 Å². The van der Waals surface area contributed by atoms with Crippen molar-refractivity contribution in [2.75, 3.05) is 38.6 Å². The second-order valence-corrected chi connectivity index (χ2v) is 5.08. The van der Waals surface area contributed by atoms with Crippen LogP contribution in [0.15, 0.2) is 27.7 Å². The van der Waals surface area contributed by atoms with Gasteiger partial charge in [-0.3, -0.25) is 10.0 Å². The predicted molar refractivity (Wildman–Crippen MR) is 68.3 cm³/mol. The number of hydrazine groups is 1. The van der Waals surface area contributed by atoms with Crippen LogP contribution in [0, 0.1) is 0 Å². The number of nitrogens with zero attached hydrogens (tertiary/aromatic N) is 3. The Morgan fingerprint density at radius 2 is 2.19 bits per heavy atom. The highest BCUT2D eigenvalue weighted by Gasteiger charge is 2.24. The van der Waals surface area contributed by atoms with Crippen molar-refractivity contribution >= 4 is 18.0 Å². The van der Waals surface area contributed by atoms with Crippen LogP contribution in [0.4, 0.5) is 0 Å². The number of allylic oxidation sites excluding steroid dienone is 2. The maximum absolute atomic E-state index is 4.44. The van der Waals surface area contributed by atoms with E-state index in [0.717, 1.165) is 38.6 Å². The molecule has 0 saturated carbocycles. The maximum Gasteiger partial charge on any atom is 0.125 e. The molecule has 0 aromatic rings. The molecule has 0 radical (unpaired) electrons. The number of hydrogen-bond acceptors (Lipinski definition) is 5. The molecule has 5 heteroatoms. The van der Waals surface area contributed by atoms with E-state index in [1.54, 1.807) is 0 Å². The highest BCUT2D eigenvalue weighted by molar-refractivity contribution is 8.04. The third-order valence-corrected chi connectivity index (χ3v) is 3.98. The van der Waals surface area contributed by atoms with Gasteiger partial charge in [0.1, 0.15) is 6.67 Å². The van der Waals surface area contributed by atoms with Crippen molar-refractivity contribution in [3.05, 3.63) is 22.8 Å². The molecule has 16 heavy (non-hydrogen) atoms. The van der Waals surface area contributed by atoms with Crippen LogP contribution in [-0.4, -0.2) is 54.8 Å². The molecule has 0 bridgehead atoms. The van der Waals surface area contributed by atoms with Crippen LogP contribution >= 0.6 is 11.8 Å². The summed E-state index contributed by atoms with van der Waals surface area (Å²) in [6, 6.07) is 0. The van der Waals surface area contributed by atoms with Gasteiger partial charge in [0, 0.05) is 38.1 Å². The fraction of sp³-hybridized carbons (Fsp3) is 0.545. The van der Waals surface area contributed by atoms with Crippen molar-refractivity contribution in [3.63, 3.8) is 0 Å². The summed E-state index contributed by atoms with van der Waals surface area (Å²) in [4.78, 5) is 5.76. The molecule has 4 nitrogen and oxygen atoms in total. The van der Waals surface area contributed by atoms with Gasteiger partial charge in [0.05, 0.1) is 10.6 Å². The van der Waals surface area contributed by atoms with Crippen molar-refractivity contribution in [1.29, 1.82) is 0 Å². The summed E-state index contributed by atoms with van der Waals surface area (Å²) in [5.74, 6) is 1.07. The second kappa shape index (κ2) is 4.61. The topological polar surface area (TPSA) is 30.9 Å². The summed E-state index contributed by atoms with van der Waals surface area (Å²) in [7, 11) is 0. The molecule has 0 atom stereocenters. The van der Waals surface area contributed by atoms with Crippen molar-refractivity contribution in [1.82, 2.24) is 15.3 Å². The number of nitrogens with one attached hydrogen (secondary N) is 1. The number of piperazine rings is 1. The minimum atomic E-state index is 0.768. The minimum Gasteiger partial charge on any atom is -0.314 e. The van der Waals surface area contributed by atoms with E-state index < -0.39 is 0 Å². The zero-order valence-electron chi connectivity index (χ0n) is 9.22. The van der Waals surface area contributed by atoms with Crippen molar-refractivity contribution < 1.29 is 0 Å². The first-order valence-corrected chi connectivity index (χ1v) is 6.70. The molecule has 0 aliphatic carbocycles. The fourth-order valence-corrected chi connectivity index (χ4v) is 3.03. The molecule has 3 rings (SSSR count). The first kappa shape index (κ1) is 10.4. The molecule has 86 valence electrons. The number of thioether (sulfide) groups is 1. The molecule has 1 fully saturated rings. The Morgan fingerprint density at radius 3 is 3.06 bits per heavy atom. The van der Waals surface area contributed by atoms with Crippen LogP contribution in [0.2, 0.25) is 0 Å². The average Bonchev–Trinajstić information content (AvgIpc) is 2.39. The number of hydrogen-bond donors (Lipinski definition) is 1. The van der Waals surface area contributed by atoms with E-state index in [0.29, 0.717) is 0 Å². The first-order chi connectivity index (χ1) is 7.95. The Morgan fingerprint density at radius 1 is 1.31 bits per heavy atom. The van der Waals surface area contributed by atoms with Gasteiger partial charge >= 0.3 is 0 Å². The molecular weight excluding hydrogens is 220 g/mol. The Labute approximate surface area is 100 Å². The third kappa shape index (κ3) is 1.90. The second-order valence-electron chi connectivity index (χ2n) is 4.02. The molecule has 1 N–H and O–H groups in total. The normalized spacial score (nSPS) is 26.1. The Balaban J connectivity index is 1.82. The van der Waals surface area contributed by atoms with Gasteiger partial charge in [0.25, 0.3) is 0 Å². The van der Waals surface area contributed by atoms with Crippen LogP contribution in [0.3, 0.4) is 0 Å². The molecule has 0 aromatic carbocycles. The van der Waals surface area contributed by atoms with E-state index >= 15 is 0 Å². The van der Waals surface area contributed by atoms with Crippen molar-refractivity contribution in [2.24, 2.45) is 4.99 Å². The van der Waals surface area contributed by atoms with Crippen LogP contribution in [0.5, 0.6) is 0 Å². The summed E-state index contributed by atoms with van der Waals surface area (Å²) >= 11 is 1.87. The first-order valence-electron chi connectivity index (χ1n) is 5.72. The Hall–Kier alpha value is -0.780. The standard InChI is InChI=1S/C11H16N4S/c1-2-10-11(16-7-1)8-13-9-15(10)14-5-3-12-4-6-14/h1-2,8,12H,3-7,9H2. The molecular formula is C11H16N4S. The van der Waals surface area contributed by atoms with Gasteiger partial charge in [-0.15, -0.1) is 11.8 Å². The monoisotopic (exact) mass is 236 g/mol. The fourth-order valence-electron chi connectivity index (χ4n) is 2.18. The summed E-state index contributed by atoms with van der Waals surface area (Å²) in [5, 5.41) is 8.10. The zero-order chi connectivity index (χ0) is 10.8. The maximum atomic E-state index is 4.44. The molecule has 0 unspecified atom stereocenters. The lowest BCUT2D eigenvalue weighted by atomic mass is 10.3. The van der Waals surface area contributed by atoms with Crippen LogP contribution in [-0.2, 0) is 0 Å². The number of aliphatic imine (C=N–C) groups is 1. The highest BCUT2D eigenvalue weighted by atomic mass is 32.2. The van der Waals surface area contributed by atoms with Crippen LogP contribution in [0.1, 0.15) is 0 Å². The summed E-state index contributed by atoms with van der Waals surface area (Å²) in [5.41, 5.74) is 1.33. The summed E-state index contributed by atoms with van der Waals surface area (Å²) in [6.07, 6.45) is 6.49. The van der Waals surface area contributed by atoms with Gasteiger partial charge in [-0.05, 0) is 6.08 Å². The van der Waals surface area contributed by atoms with Crippen molar-refractivity contribution in [3.8, 4) is 0 Å². The molecule has 3 aliphatic rings. The summed E-state index contributed by atoms with van der Waals surface area (Å²) in [6.45, 7) is 5.05. The van der Waals surface area contributed by atoms with E-state index in [-0.39, 0.29) is 0 Å². The minimum absolute atomic E-state index is 0.768. The van der Waals surface area contributed by atoms with Gasteiger partial charge in [0.15, 0.2) is 0 Å². The third-order valence-electron chi connectivity index (χ3n) is 3.00. The lowest BCUT2D eigenvalue weighted by Crippen LogP contribution is -2.52. The molecule has 3 heterocycles. The smallest absolute Gasteiger partial charge is 0.125 e. The predicted octanol–water partition coefficient (Wildman–Crippen LogP) is 0.665. The van der Waals surface area contributed by atoms with E-state index in [1.165, 1.54) is 10.6 Å². The van der Waals surface area contributed by atoms with Gasteiger partial charge in [0.2, 0.25) is 0 Å². The summed E-state index contributed by atoms with van der Waals surface area (Å²) < 4.78 is 0. The van der Waals surface area contributed by atoms with Crippen molar-refractivity contribution in [2.45, 2.75) is 0 Å². The van der Waals surface area contributed by atoms with E-state index in [9.17, 15) is 0 Å². The average molecular weight is 236 g/mol. The molecule has 3 aliphatic heterocycles. The Kier molecular flexibility index (Phi) is 2.99. The van der Waals surface area contributed by atoms with Crippen LogP contribution < -0.4 is 5.32 Å². The van der Waals surface area contributed by atoms with E-state index in [4.69, 9.17) is 0 Å². The molecule has 0 aromatic heterocycles. The molecule has 0 spiro atoms. The quantitative estimate of drug-likeness (QED) is 0.725. The highest BCUT2D eigenvalue weighted by Crippen LogP contribution is 2.29. The molecule has 0 amide bonds. The largest absolute Gasteiger partial charge is 0.314 e. The van der Waals surface area contributed by atoms with Gasteiger partial charge < -0.3 is 5.32 Å².